The molecule has 37 heavy (non-hydrogen) atoms. The monoisotopic (exact) mass is 512 g/mol. The van der Waals surface area contributed by atoms with Crippen LogP contribution in [-0.2, 0) is 9.53 Å². The zero-order valence-electron chi connectivity index (χ0n) is 23.8. The van der Waals surface area contributed by atoms with Crippen molar-refractivity contribution in [1.82, 2.24) is 9.80 Å². The summed E-state index contributed by atoms with van der Waals surface area (Å²) in [6.45, 7) is 3.58. The molecule has 0 saturated heterocycles. The second-order valence-corrected chi connectivity index (χ2v) is 13.3. The number of ether oxygens (including phenoxy) is 1. The van der Waals surface area contributed by atoms with Gasteiger partial charge < -0.3 is 4.74 Å². The van der Waals surface area contributed by atoms with Gasteiger partial charge in [0, 0.05) is 42.3 Å². The van der Waals surface area contributed by atoms with Crippen molar-refractivity contribution in [2.45, 2.75) is 190 Å². The van der Waals surface area contributed by atoms with Gasteiger partial charge in [-0.2, -0.15) is 0 Å². The van der Waals surface area contributed by atoms with Gasteiger partial charge in [0.05, 0.1) is 0 Å². The van der Waals surface area contributed by atoms with Gasteiger partial charge in [-0.3, -0.25) is 9.80 Å². The Labute approximate surface area is 227 Å². The maximum Gasteiger partial charge on any atom is 0.330 e. The Kier molecular flexibility index (Phi) is 10.5. The number of carbonyl (C=O) groups is 1. The highest BCUT2D eigenvalue weighted by Gasteiger charge is 2.40. The van der Waals surface area contributed by atoms with E-state index in [0.717, 1.165) is 43.1 Å². The molecule has 0 unspecified atom stereocenters. The Hall–Kier alpha value is -0.870. The molecular weight excluding hydrogens is 456 g/mol. The summed E-state index contributed by atoms with van der Waals surface area (Å²) in [5.74, 6) is -0.244. The molecule has 5 aliphatic carbocycles. The molecule has 0 amide bonds. The Morgan fingerprint density at radius 2 is 0.784 bits per heavy atom. The lowest BCUT2D eigenvalue weighted by Crippen LogP contribution is -2.56. The van der Waals surface area contributed by atoms with Crippen LogP contribution in [0.5, 0.6) is 0 Å². The molecule has 0 atom stereocenters. The minimum Gasteiger partial charge on any atom is -0.459 e. The molecule has 0 bridgehead atoms. The summed E-state index contributed by atoms with van der Waals surface area (Å²) >= 11 is 0. The van der Waals surface area contributed by atoms with E-state index in [0.29, 0.717) is 6.04 Å². The second-order valence-electron chi connectivity index (χ2n) is 13.3. The molecule has 5 aliphatic rings. The summed E-state index contributed by atoms with van der Waals surface area (Å²) in [5, 5.41) is 0. The van der Waals surface area contributed by atoms with Crippen LogP contribution in [0.4, 0.5) is 0 Å². The summed E-state index contributed by atoms with van der Waals surface area (Å²) in [7, 11) is 0. The van der Waals surface area contributed by atoms with Crippen molar-refractivity contribution in [2.24, 2.45) is 0 Å². The molecule has 0 N–H and O–H groups in total. The molecule has 4 heteroatoms. The van der Waals surface area contributed by atoms with Gasteiger partial charge >= 0.3 is 5.97 Å². The van der Waals surface area contributed by atoms with Gasteiger partial charge in [-0.05, 0) is 89.9 Å². The quantitative estimate of drug-likeness (QED) is 0.244. The van der Waals surface area contributed by atoms with Gasteiger partial charge in [0.1, 0.15) is 6.10 Å². The van der Waals surface area contributed by atoms with Gasteiger partial charge in [-0.1, -0.05) is 64.4 Å². The smallest absolute Gasteiger partial charge is 0.330 e. The fourth-order valence-electron chi connectivity index (χ4n) is 9.25. The molecule has 0 radical (unpaired) electrons. The third-order valence-electron chi connectivity index (χ3n) is 11.0. The van der Waals surface area contributed by atoms with E-state index in [1.54, 1.807) is 0 Å². The van der Waals surface area contributed by atoms with Gasteiger partial charge in [-0.15, -0.1) is 0 Å². The Bertz CT molecular complexity index is 673. The first kappa shape index (κ1) is 27.7. The van der Waals surface area contributed by atoms with Gasteiger partial charge in [-0.25, -0.2) is 4.79 Å². The first-order valence-corrected chi connectivity index (χ1v) is 16.6. The van der Waals surface area contributed by atoms with Crippen LogP contribution in [0.15, 0.2) is 12.7 Å². The number of carbonyl (C=O) groups excluding carboxylic acids is 1. The number of nitrogens with zero attached hydrogens (tertiary/aromatic N) is 2. The highest BCUT2D eigenvalue weighted by molar-refractivity contribution is 5.81. The van der Waals surface area contributed by atoms with Crippen LogP contribution in [0.3, 0.4) is 0 Å². The van der Waals surface area contributed by atoms with Gasteiger partial charge in [0.15, 0.2) is 0 Å². The first-order chi connectivity index (χ1) is 18.2. The van der Waals surface area contributed by atoms with E-state index in [1.165, 1.54) is 141 Å². The van der Waals surface area contributed by atoms with E-state index in [4.69, 9.17) is 4.74 Å². The standard InChI is InChI=1S/C33H56N2O2/c1-2-33(36)37-32-24-22-31(23-25-32)35(28-16-10-5-11-17-28)30-20-18-29(19-21-30)34(26-12-6-3-7-13-26)27-14-8-4-9-15-27/h2,26-32H,1,3-25H2. The summed E-state index contributed by atoms with van der Waals surface area (Å²) in [6.07, 6.45) is 33.2. The molecule has 210 valence electrons. The SMILES string of the molecule is C=CC(=O)OC1CCC(N(C2CCCCC2)C2CCC(N(C3CCCCC3)C3CCCCC3)CC2)CC1. The predicted octanol–water partition coefficient (Wildman–Crippen LogP) is 7.94. The zero-order chi connectivity index (χ0) is 25.5. The fourth-order valence-corrected chi connectivity index (χ4v) is 9.25. The maximum absolute atomic E-state index is 11.7. The summed E-state index contributed by atoms with van der Waals surface area (Å²) < 4.78 is 5.63. The molecule has 0 spiro atoms. The van der Waals surface area contributed by atoms with Crippen LogP contribution in [0.2, 0.25) is 0 Å². The summed E-state index contributed by atoms with van der Waals surface area (Å²) in [4.78, 5) is 17.9. The molecule has 5 saturated carbocycles. The van der Waals surface area contributed by atoms with E-state index in [1.807, 2.05) is 0 Å². The molecule has 0 aromatic heterocycles. The van der Waals surface area contributed by atoms with E-state index in [9.17, 15) is 4.79 Å². The lowest BCUT2D eigenvalue weighted by atomic mass is 9.80. The number of rotatable bonds is 8. The van der Waals surface area contributed by atoms with E-state index in [-0.39, 0.29) is 12.1 Å². The topological polar surface area (TPSA) is 32.8 Å². The molecular formula is C33H56N2O2. The summed E-state index contributed by atoms with van der Waals surface area (Å²) in [5.41, 5.74) is 0. The van der Waals surface area contributed by atoms with Crippen molar-refractivity contribution in [1.29, 1.82) is 0 Å². The van der Waals surface area contributed by atoms with Crippen molar-refractivity contribution in [3.05, 3.63) is 12.7 Å². The van der Waals surface area contributed by atoms with Crippen LogP contribution in [0.1, 0.15) is 148 Å². The van der Waals surface area contributed by atoms with E-state index in [2.05, 4.69) is 16.4 Å². The van der Waals surface area contributed by atoms with Gasteiger partial charge in [0.2, 0.25) is 0 Å². The third kappa shape index (κ3) is 7.21. The molecule has 5 fully saturated rings. The first-order valence-electron chi connectivity index (χ1n) is 16.6. The summed E-state index contributed by atoms with van der Waals surface area (Å²) in [6, 6.07) is 4.85. The minimum atomic E-state index is -0.244. The normalized spacial score (nSPS) is 33.5. The Morgan fingerprint density at radius 1 is 0.486 bits per heavy atom. The number of hydrogen-bond donors (Lipinski definition) is 0. The van der Waals surface area contributed by atoms with Crippen molar-refractivity contribution in [2.75, 3.05) is 0 Å². The minimum absolute atomic E-state index is 0.102. The lowest BCUT2D eigenvalue weighted by molar-refractivity contribution is -0.145. The average Bonchev–Trinajstić information content (AvgIpc) is 2.97. The van der Waals surface area contributed by atoms with Crippen molar-refractivity contribution in [3.8, 4) is 0 Å². The lowest BCUT2D eigenvalue weighted by Gasteiger charge is -2.52. The Morgan fingerprint density at radius 3 is 1.11 bits per heavy atom. The van der Waals surface area contributed by atoms with Crippen LogP contribution in [0.25, 0.3) is 0 Å². The molecule has 0 aromatic rings. The third-order valence-corrected chi connectivity index (χ3v) is 11.0. The predicted molar refractivity (Wildman–Crippen MR) is 153 cm³/mol. The van der Waals surface area contributed by atoms with Crippen molar-refractivity contribution < 1.29 is 9.53 Å². The zero-order valence-corrected chi connectivity index (χ0v) is 23.8. The number of esters is 1. The molecule has 0 aliphatic heterocycles. The van der Waals surface area contributed by atoms with Crippen molar-refractivity contribution >= 4 is 5.97 Å². The number of hydrogen-bond acceptors (Lipinski definition) is 4. The van der Waals surface area contributed by atoms with Crippen LogP contribution >= 0.6 is 0 Å². The van der Waals surface area contributed by atoms with E-state index >= 15 is 0 Å². The fraction of sp³-hybridized carbons (Fsp3) is 0.909. The molecule has 5 rings (SSSR count). The second kappa shape index (κ2) is 14.0. The highest BCUT2D eigenvalue weighted by Crippen LogP contribution is 2.40. The van der Waals surface area contributed by atoms with Gasteiger partial charge in [0.25, 0.3) is 0 Å². The van der Waals surface area contributed by atoms with E-state index < -0.39 is 0 Å². The molecule has 0 aromatic carbocycles. The van der Waals surface area contributed by atoms with Crippen molar-refractivity contribution in [3.63, 3.8) is 0 Å². The maximum atomic E-state index is 11.7. The largest absolute Gasteiger partial charge is 0.459 e. The highest BCUT2D eigenvalue weighted by atomic mass is 16.5. The van der Waals surface area contributed by atoms with Crippen LogP contribution < -0.4 is 0 Å². The van der Waals surface area contributed by atoms with Crippen LogP contribution in [-0.4, -0.2) is 58.1 Å². The molecule has 0 heterocycles. The van der Waals surface area contributed by atoms with Crippen LogP contribution in [0, 0.1) is 0 Å². The average molecular weight is 513 g/mol. The Balaban J connectivity index is 1.23. The molecule has 4 nitrogen and oxygen atoms in total.